The molecule has 5 heteroatoms. The molecule has 1 heterocycles. The first-order valence-electron chi connectivity index (χ1n) is 5.27. The number of hydrogen-bond donors (Lipinski definition) is 2. The number of hydrogen-bond acceptors (Lipinski definition) is 4. The van der Waals surface area contributed by atoms with Crippen molar-refractivity contribution in [2.75, 3.05) is 6.54 Å². The molecule has 0 amide bonds. The molecule has 15 heavy (non-hydrogen) atoms. The lowest BCUT2D eigenvalue weighted by Gasteiger charge is -2.35. The number of hydroxylamine groups is 1. The van der Waals surface area contributed by atoms with Gasteiger partial charge in [-0.3, -0.25) is 0 Å². The van der Waals surface area contributed by atoms with Crippen LogP contribution in [0.2, 0.25) is 0 Å². The van der Waals surface area contributed by atoms with Gasteiger partial charge in [0.25, 0.3) is 0 Å². The summed E-state index contributed by atoms with van der Waals surface area (Å²) < 4.78 is 0.882. The highest BCUT2D eigenvalue weighted by Crippen LogP contribution is 2.38. The Morgan fingerprint density at radius 2 is 2.20 bits per heavy atom. The Morgan fingerprint density at radius 1 is 1.60 bits per heavy atom. The number of thioether (sulfide) groups is 1. The fraction of sp³-hybridized carbons (Fsp3) is 0.900. The maximum Gasteiger partial charge on any atom is 0.138 e. The van der Waals surface area contributed by atoms with Gasteiger partial charge < -0.3 is 10.1 Å². The Kier molecular flexibility index (Phi) is 4.40. The van der Waals surface area contributed by atoms with E-state index in [4.69, 9.17) is 17.4 Å². The van der Waals surface area contributed by atoms with Gasteiger partial charge in [0.05, 0.1) is 5.54 Å². The van der Waals surface area contributed by atoms with Gasteiger partial charge in [0, 0.05) is 6.54 Å². The van der Waals surface area contributed by atoms with Gasteiger partial charge in [-0.1, -0.05) is 37.8 Å². The molecular weight excluding hydrogens is 228 g/mol. The highest BCUT2D eigenvalue weighted by atomic mass is 32.2. The van der Waals surface area contributed by atoms with Crippen LogP contribution in [0.1, 0.15) is 34.1 Å². The molecule has 0 aromatic heterocycles. The molecule has 0 bridgehead atoms. The van der Waals surface area contributed by atoms with Crippen LogP contribution in [0.15, 0.2) is 0 Å². The number of thiocarbonyl (C=S) groups is 1. The molecule has 88 valence electrons. The summed E-state index contributed by atoms with van der Waals surface area (Å²) in [6.07, 6.45) is 1.13. The van der Waals surface area contributed by atoms with Crippen LogP contribution in [-0.4, -0.2) is 31.9 Å². The lowest BCUT2D eigenvalue weighted by molar-refractivity contribution is 0.0934. The van der Waals surface area contributed by atoms with Crippen molar-refractivity contribution in [3.8, 4) is 0 Å². The molecule has 0 saturated carbocycles. The fourth-order valence-corrected chi connectivity index (χ4v) is 3.38. The average Bonchev–Trinajstić information content (AvgIpc) is 2.33. The van der Waals surface area contributed by atoms with E-state index in [1.54, 1.807) is 0 Å². The van der Waals surface area contributed by atoms with Gasteiger partial charge in [0.2, 0.25) is 0 Å². The molecule has 0 aromatic carbocycles. The molecule has 1 fully saturated rings. The van der Waals surface area contributed by atoms with Crippen LogP contribution in [-0.2, 0) is 0 Å². The van der Waals surface area contributed by atoms with Crippen molar-refractivity contribution >= 4 is 28.3 Å². The summed E-state index contributed by atoms with van der Waals surface area (Å²) in [7, 11) is 0. The lowest BCUT2D eigenvalue weighted by Crippen LogP contribution is -2.50. The first kappa shape index (κ1) is 13.2. The molecule has 3 nitrogen and oxygen atoms in total. The van der Waals surface area contributed by atoms with Gasteiger partial charge in [-0.25, -0.2) is 0 Å². The third kappa shape index (κ3) is 2.84. The van der Waals surface area contributed by atoms with Crippen LogP contribution in [0.4, 0.5) is 0 Å². The van der Waals surface area contributed by atoms with Gasteiger partial charge in [-0.2, -0.15) is 5.48 Å². The Bertz CT molecular complexity index is 244. The van der Waals surface area contributed by atoms with Crippen LogP contribution in [0.5, 0.6) is 0 Å². The van der Waals surface area contributed by atoms with E-state index >= 15 is 0 Å². The summed E-state index contributed by atoms with van der Waals surface area (Å²) in [5.74, 6) is 0.676. The average molecular weight is 248 g/mol. The summed E-state index contributed by atoms with van der Waals surface area (Å²) in [5.41, 5.74) is 2.22. The van der Waals surface area contributed by atoms with Crippen LogP contribution in [0.25, 0.3) is 0 Å². The SMILES string of the molecule is CC(C)CCN1C(=S)S[C@@H](NO)C1(C)C. The zero-order chi connectivity index (χ0) is 11.6. The Morgan fingerprint density at radius 3 is 2.60 bits per heavy atom. The van der Waals surface area contributed by atoms with Crippen molar-refractivity contribution in [1.29, 1.82) is 0 Å². The Labute approximate surface area is 102 Å². The normalized spacial score (nSPS) is 25.3. The van der Waals surface area contributed by atoms with Gasteiger partial charge in [0.15, 0.2) is 0 Å². The van der Waals surface area contributed by atoms with E-state index in [0.29, 0.717) is 5.92 Å². The van der Waals surface area contributed by atoms with Crippen molar-refractivity contribution in [2.45, 2.75) is 45.0 Å². The molecular formula is C10H20N2OS2. The molecule has 2 N–H and O–H groups in total. The van der Waals surface area contributed by atoms with E-state index in [1.165, 1.54) is 11.8 Å². The van der Waals surface area contributed by atoms with Crippen molar-refractivity contribution in [3.63, 3.8) is 0 Å². The Hall–Kier alpha value is 0.160. The number of rotatable bonds is 4. The largest absolute Gasteiger partial charge is 0.350 e. The predicted octanol–water partition coefficient (Wildman–Crippen LogP) is 2.45. The molecule has 0 aromatic rings. The fourth-order valence-electron chi connectivity index (χ4n) is 1.64. The van der Waals surface area contributed by atoms with Crippen LogP contribution in [0, 0.1) is 5.92 Å². The molecule has 0 radical (unpaired) electrons. The third-order valence-electron chi connectivity index (χ3n) is 2.82. The van der Waals surface area contributed by atoms with Crippen molar-refractivity contribution in [2.24, 2.45) is 5.92 Å². The lowest BCUT2D eigenvalue weighted by atomic mass is 10.0. The van der Waals surface area contributed by atoms with E-state index in [0.717, 1.165) is 17.3 Å². The highest BCUT2D eigenvalue weighted by Gasteiger charge is 2.44. The van der Waals surface area contributed by atoms with E-state index < -0.39 is 0 Å². The monoisotopic (exact) mass is 248 g/mol. The topological polar surface area (TPSA) is 35.5 Å². The molecule has 0 spiro atoms. The quantitative estimate of drug-likeness (QED) is 0.590. The van der Waals surface area contributed by atoms with Crippen LogP contribution >= 0.6 is 24.0 Å². The van der Waals surface area contributed by atoms with Crippen LogP contribution < -0.4 is 5.48 Å². The van der Waals surface area contributed by atoms with Crippen molar-refractivity contribution < 1.29 is 5.21 Å². The maximum absolute atomic E-state index is 9.06. The zero-order valence-electron chi connectivity index (χ0n) is 9.78. The van der Waals surface area contributed by atoms with Crippen LogP contribution in [0.3, 0.4) is 0 Å². The second-order valence-electron chi connectivity index (χ2n) is 4.88. The first-order valence-corrected chi connectivity index (χ1v) is 6.56. The molecule has 0 unspecified atom stereocenters. The summed E-state index contributed by atoms with van der Waals surface area (Å²) in [6.45, 7) is 9.60. The second-order valence-corrected chi connectivity index (χ2v) is 6.62. The molecule has 0 aliphatic carbocycles. The summed E-state index contributed by atoms with van der Waals surface area (Å²) >= 11 is 6.85. The standard InChI is InChI=1S/C10H20N2OS2/c1-7(2)5-6-12-9(14)15-8(11-13)10(12,3)4/h7-8,11,13H,5-6H2,1-4H3/t8-/m1/s1. The van der Waals surface area contributed by atoms with Gasteiger partial charge in [-0.15, -0.1) is 0 Å². The zero-order valence-corrected chi connectivity index (χ0v) is 11.4. The first-order chi connectivity index (χ1) is 6.89. The summed E-state index contributed by atoms with van der Waals surface area (Å²) in [6, 6.07) is 0. The molecule has 1 rings (SSSR count). The van der Waals surface area contributed by atoms with Gasteiger partial charge in [-0.05, 0) is 26.2 Å². The van der Waals surface area contributed by atoms with Gasteiger partial charge in [0.1, 0.15) is 9.69 Å². The minimum Gasteiger partial charge on any atom is -0.350 e. The maximum atomic E-state index is 9.06. The minimum absolute atomic E-state index is 0.0304. The second kappa shape index (κ2) is 4.99. The summed E-state index contributed by atoms with van der Waals surface area (Å²) in [4.78, 5) is 2.21. The molecule has 1 aliphatic rings. The van der Waals surface area contributed by atoms with E-state index in [9.17, 15) is 0 Å². The Balaban J connectivity index is 2.66. The number of nitrogens with zero attached hydrogens (tertiary/aromatic N) is 1. The number of nitrogens with one attached hydrogen (secondary N) is 1. The highest BCUT2D eigenvalue weighted by molar-refractivity contribution is 8.23. The smallest absolute Gasteiger partial charge is 0.138 e. The summed E-state index contributed by atoms with van der Waals surface area (Å²) in [5, 5.41) is 9.03. The van der Waals surface area contributed by atoms with E-state index in [-0.39, 0.29) is 10.9 Å². The minimum atomic E-state index is -0.120. The van der Waals surface area contributed by atoms with Gasteiger partial charge >= 0.3 is 0 Å². The third-order valence-corrected chi connectivity index (χ3v) is 4.67. The molecule has 1 aliphatic heterocycles. The van der Waals surface area contributed by atoms with Crippen molar-refractivity contribution in [3.05, 3.63) is 0 Å². The van der Waals surface area contributed by atoms with E-state index in [2.05, 4.69) is 38.1 Å². The predicted molar refractivity (Wildman–Crippen MR) is 69.1 cm³/mol. The van der Waals surface area contributed by atoms with E-state index in [1.807, 2.05) is 0 Å². The molecule has 1 saturated heterocycles. The van der Waals surface area contributed by atoms with Crippen molar-refractivity contribution in [1.82, 2.24) is 10.4 Å². The molecule has 1 atom stereocenters.